The van der Waals surface area contributed by atoms with Gasteiger partial charge in [-0.2, -0.15) is 0 Å². The summed E-state index contributed by atoms with van der Waals surface area (Å²) in [6.45, 7) is 0. The molecule has 1 aliphatic heterocycles. The Bertz CT molecular complexity index is 927. The van der Waals surface area contributed by atoms with Gasteiger partial charge in [-0.1, -0.05) is 36.4 Å². The predicted molar refractivity (Wildman–Crippen MR) is 97.8 cm³/mol. The van der Waals surface area contributed by atoms with Gasteiger partial charge in [0, 0.05) is 12.4 Å². The van der Waals surface area contributed by atoms with Gasteiger partial charge in [-0.25, -0.2) is 4.79 Å². The van der Waals surface area contributed by atoms with E-state index < -0.39 is 12.2 Å². The minimum Gasteiger partial charge on any atom is -0.497 e. The van der Waals surface area contributed by atoms with E-state index in [9.17, 15) is 4.79 Å². The van der Waals surface area contributed by atoms with Gasteiger partial charge in [-0.15, -0.1) is 0 Å². The highest BCUT2D eigenvalue weighted by Gasteiger charge is 2.36. The summed E-state index contributed by atoms with van der Waals surface area (Å²) in [6.07, 6.45) is 2.73. The van der Waals surface area contributed by atoms with Crippen LogP contribution in [0.5, 0.6) is 5.75 Å². The van der Waals surface area contributed by atoms with Gasteiger partial charge >= 0.3 is 6.09 Å². The van der Waals surface area contributed by atoms with Crippen LogP contribution in [-0.2, 0) is 4.74 Å². The SMILES string of the molecule is COc1cccc([C@H]2OC(=O)N[C@@H]2c2cccc(-c3cccnc3)c2)c1. The Morgan fingerprint density at radius 3 is 2.62 bits per heavy atom. The third-order valence-electron chi connectivity index (χ3n) is 4.47. The molecule has 1 aromatic heterocycles. The molecule has 1 fully saturated rings. The number of rotatable bonds is 4. The second-order valence-electron chi connectivity index (χ2n) is 6.09. The minimum atomic E-state index is -0.422. The minimum absolute atomic E-state index is 0.272. The summed E-state index contributed by atoms with van der Waals surface area (Å²) in [5.41, 5.74) is 3.93. The lowest BCUT2D eigenvalue weighted by Crippen LogP contribution is -2.19. The Morgan fingerprint density at radius 1 is 1.00 bits per heavy atom. The van der Waals surface area contributed by atoms with Crippen molar-refractivity contribution in [2.75, 3.05) is 7.11 Å². The topological polar surface area (TPSA) is 60.5 Å². The summed E-state index contributed by atoms with van der Waals surface area (Å²) in [4.78, 5) is 16.1. The molecular weight excluding hydrogens is 328 g/mol. The van der Waals surface area contributed by atoms with Crippen molar-refractivity contribution in [3.8, 4) is 16.9 Å². The summed E-state index contributed by atoms with van der Waals surface area (Å²) in [5.74, 6) is 0.730. The van der Waals surface area contributed by atoms with E-state index in [2.05, 4.69) is 16.4 Å². The number of nitrogens with one attached hydrogen (secondary N) is 1. The van der Waals surface area contributed by atoms with E-state index in [4.69, 9.17) is 9.47 Å². The molecule has 26 heavy (non-hydrogen) atoms. The highest BCUT2D eigenvalue weighted by Crippen LogP contribution is 2.38. The Kier molecular flexibility index (Phi) is 4.27. The molecule has 2 heterocycles. The van der Waals surface area contributed by atoms with Gasteiger partial charge in [0.2, 0.25) is 0 Å². The lowest BCUT2D eigenvalue weighted by atomic mass is 9.94. The molecule has 3 aromatic rings. The number of nitrogens with zero attached hydrogens (tertiary/aromatic N) is 1. The van der Waals surface area contributed by atoms with E-state index in [1.807, 2.05) is 60.8 Å². The zero-order valence-electron chi connectivity index (χ0n) is 14.3. The fraction of sp³-hybridized carbons (Fsp3) is 0.143. The van der Waals surface area contributed by atoms with Crippen molar-refractivity contribution in [3.63, 3.8) is 0 Å². The Morgan fingerprint density at radius 2 is 1.81 bits per heavy atom. The molecule has 2 aromatic carbocycles. The summed E-state index contributed by atoms with van der Waals surface area (Å²) in [7, 11) is 1.62. The van der Waals surface area contributed by atoms with Gasteiger partial charge in [0.1, 0.15) is 5.75 Å². The first-order chi connectivity index (χ1) is 12.7. The Balaban J connectivity index is 1.70. The van der Waals surface area contributed by atoms with Crippen LogP contribution < -0.4 is 10.1 Å². The number of amides is 1. The number of pyridine rings is 1. The van der Waals surface area contributed by atoms with E-state index in [0.29, 0.717) is 0 Å². The normalized spacial score (nSPS) is 18.9. The lowest BCUT2D eigenvalue weighted by molar-refractivity contribution is 0.132. The molecule has 1 N–H and O–H groups in total. The van der Waals surface area contributed by atoms with Crippen molar-refractivity contribution in [1.29, 1.82) is 0 Å². The molecule has 1 aliphatic rings. The number of carbonyl (C=O) groups excluding carboxylic acids is 1. The van der Waals surface area contributed by atoms with Gasteiger partial charge in [0.25, 0.3) is 0 Å². The maximum absolute atomic E-state index is 11.9. The molecule has 4 rings (SSSR count). The van der Waals surface area contributed by atoms with Gasteiger partial charge in [0.15, 0.2) is 6.10 Å². The first-order valence-electron chi connectivity index (χ1n) is 8.36. The van der Waals surface area contributed by atoms with Gasteiger partial charge < -0.3 is 14.8 Å². The molecule has 130 valence electrons. The van der Waals surface area contributed by atoms with E-state index in [-0.39, 0.29) is 6.04 Å². The predicted octanol–water partition coefficient (Wildman–Crippen LogP) is 4.28. The first-order valence-corrected chi connectivity index (χ1v) is 8.36. The average molecular weight is 346 g/mol. The monoisotopic (exact) mass is 346 g/mol. The number of hydrogen-bond donors (Lipinski definition) is 1. The number of hydrogen-bond acceptors (Lipinski definition) is 4. The molecule has 0 bridgehead atoms. The van der Waals surface area contributed by atoms with Crippen LogP contribution in [-0.4, -0.2) is 18.2 Å². The maximum atomic E-state index is 11.9. The Labute approximate surface area is 151 Å². The highest BCUT2D eigenvalue weighted by molar-refractivity contribution is 5.72. The van der Waals surface area contributed by atoms with Crippen LogP contribution in [0.3, 0.4) is 0 Å². The molecule has 1 saturated heterocycles. The molecule has 0 radical (unpaired) electrons. The van der Waals surface area contributed by atoms with Crippen LogP contribution in [0.15, 0.2) is 73.1 Å². The summed E-state index contributed by atoms with van der Waals surface area (Å²) >= 11 is 0. The summed E-state index contributed by atoms with van der Waals surface area (Å²) in [6, 6.07) is 19.3. The lowest BCUT2D eigenvalue weighted by Gasteiger charge is -2.19. The third kappa shape index (κ3) is 3.11. The maximum Gasteiger partial charge on any atom is 0.408 e. The van der Waals surface area contributed by atoms with Crippen LogP contribution in [0.25, 0.3) is 11.1 Å². The number of methoxy groups -OCH3 is 1. The van der Waals surface area contributed by atoms with E-state index in [1.54, 1.807) is 13.3 Å². The number of benzene rings is 2. The van der Waals surface area contributed by atoms with E-state index in [0.717, 1.165) is 28.0 Å². The fourth-order valence-electron chi connectivity index (χ4n) is 3.20. The van der Waals surface area contributed by atoms with Crippen molar-refractivity contribution in [2.45, 2.75) is 12.1 Å². The van der Waals surface area contributed by atoms with E-state index >= 15 is 0 Å². The van der Waals surface area contributed by atoms with Crippen molar-refractivity contribution in [1.82, 2.24) is 10.3 Å². The fourth-order valence-corrected chi connectivity index (χ4v) is 3.20. The summed E-state index contributed by atoms with van der Waals surface area (Å²) in [5, 5.41) is 2.92. The smallest absolute Gasteiger partial charge is 0.408 e. The second-order valence-corrected chi connectivity index (χ2v) is 6.09. The number of alkyl carbamates (subject to hydrolysis) is 1. The third-order valence-corrected chi connectivity index (χ3v) is 4.47. The average Bonchev–Trinajstić information content (AvgIpc) is 3.11. The second kappa shape index (κ2) is 6.88. The molecule has 0 spiro atoms. The van der Waals surface area contributed by atoms with Crippen molar-refractivity contribution >= 4 is 6.09 Å². The standard InChI is InChI=1S/C21H18N2O3/c1-25-18-9-3-7-16(12-18)20-19(23-21(24)26-20)15-6-2-5-14(11-15)17-8-4-10-22-13-17/h2-13,19-20H,1H3,(H,23,24)/t19-,20-/m1/s1. The molecule has 5 heteroatoms. The molecule has 0 aliphatic carbocycles. The summed E-state index contributed by atoms with van der Waals surface area (Å²) < 4.78 is 10.8. The van der Waals surface area contributed by atoms with Crippen LogP contribution >= 0.6 is 0 Å². The quantitative estimate of drug-likeness (QED) is 0.766. The van der Waals surface area contributed by atoms with Crippen LogP contribution in [0.2, 0.25) is 0 Å². The highest BCUT2D eigenvalue weighted by atomic mass is 16.6. The van der Waals surface area contributed by atoms with Crippen molar-refractivity contribution in [2.24, 2.45) is 0 Å². The van der Waals surface area contributed by atoms with Gasteiger partial charge in [-0.05, 0) is 46.5 Å². The van der Waals surface area contributed by atoms with Crippen molar-refractivity contribution < 1.29 is 14.3 Å². The van der Waals surface area contributed by atoms with Gasteiger partial charge in [-0.3, -0.25) is 4.98 Å². The zero-order chi connectivity index (χ0) is 17.9. The molecule has 0 saturated carbocycles. The molecule has 0 unspecified atom stereocenters. The number of cyclic esters (lactones) is 1. The van der Waals surface area contributed by atoms with E-state index in [1.165, 1.54) is 0 Å². The number of ether oxygens (including phenoxy) is 2. The molecule has 2 atom stereocenters. The largest absolute Gasteiger partial charge is 0.497 e. The zero-order valence-corrected chi connectivity index (χ0v) is 14.3. The Hall–Kier alpha value is -3.34. The van der Waals surface area contributed by atoms with Crippen LogP contribution in [0.1, 0.15) is 23.3 Å². The van der Waals surface area contributed by atoms with Crippen LogP contribution in [0.4, 0.5) is 4.79 Å². The van der Waals surface area contributed by atoms with Crippen LogP contribution in [0, 0.1) is 0 Å². The number of carbonyl (C=O) groups is 1. The van der Waals surface area contributed by atoms with Crippen molar-refractivity contribution in [3.05, 3.63) is 84.2 Å². The number of aromatic nitrogens is 1. The molecule has 1 amide bonds. The molecular formula is C21H18N2O3. The van der Waals surface area contributed by atoms with Gasteiger partial charge in [0.05, 0.1) is 13.2 Å². The first kappa shape index (κ1) is 16.1. The molecule has 5 nitrogen and oxygen atoms in total.